The molecule has 3 rings (SSSR count). The minimum absolute atomic E-state index is 0.0253. The average Bonchev–Trinajstić information content (AvgIpc) is 3.18. The fourth-order valence-corrected chi connectivity index (χ4v) is 2.76. The van der Waals surface area contributed by atoms with Crippen molar-refractivity contribution in [3.63, 3.8) is 0 Å². The number of aromatic amines is 1. The highest BCUT2D eigenvalue weighted by Crippen LogP contribution is 2.30. The lowest BCUT2D eigenvalue weighted by molar-refractivity contribution is 0.0392. The summed E-state index contributed by atoms with van der Waals surface area (Å²) in [6.45, 7) is 2.33. The van der Waals surface area contributed by atoms with Gasteiger partial charge in [-0.2, -0.15) is 5.10 Å². The van der Waals surface area contributed by atoms with Crippen LogP contribution < -0.4 is 5.32 Å². The number of hydrogen-bond acceptors (Lipinski definition) is 4. The molecular weight excluding hydrogens is 304 g/mol. The molecule has 2 atom stereocenters. The number of H-pyrrole nitrogens is 1. The maximum absolute atomic E-state index is 12.2. The fraction of sp³-hybridized carbons (Fsp3) is 0.400. The number of nitrogens with one attached hydrogen (secondary N) is 2. The van der Waals surface area contributed by atoms with Crippen LogP contribution in [-0.4, -0.2) is 33.7 Å². The van der Waals surface area contributed by atoms with Gasteiger partial charge in [0.25, 0.3) is 5.91 Å². The first-order valence-corrected chi connectivity index (χ1v) is 7.57. The molecule has 116 valence electrons. The Bertz CT molecular complexity index is 660. The van der Waals surface area contributed by atoms with Crippen LogP contribution in [0.25, 0.3) is 0 Å². The highest BCUT2D eigenvalue weighted by atomic mass is 35.5. The van der Waals surface area contributed by atoms with Gasteiger partial charge in [0, 0.05) is 6.54 Å². The van der Waals surface area contributed by atoms with Crippen LogP contribution >= 0.6 is 11.6 Å². The van der Waals surface area contributed by atoms with Crippen molar-refractivity contribution in [2.45, 2.75) is 32.0 Å². The average molecular weight is 321 g/mol. The highest BCUT2D eigenvalue weighted by molar-refractivity contribution is 6.34. The van der Waals surface area contributed by atoms with Gasteiger partial charge in [0.2, 0.25) is 0 Å². The Morgan fingerprint density at radius 3 is 3.14 bits per heavy atom. The van der Waals surface area contributed by atoms with Gasteiger partial charge in [-0.1, -0.05) is 23.7 Å². The Hall–Kier alpha value is -1.92. The van der Waals surface area contributed by atoms with Crippen molar-refractivity contribution >= 4 is 17.5 Å². The zero-order valence-corrected chi connectivity index (χ0v) is 12.9. The van der Waals surface area contributed by atoms with E-state index in [0.717, 1.165) is 24.2 Å². The van der Waals surface area contributed by atoms with Crippen molar-refractivity contribution in [1.82, 2.24) is 20.5 Å². The van der Waals surface area contributed by atoms with E-state index in [9.17, 15) is 4.79 Å². The molecule has 1 aliphatic heterocycles. The molecule has 1 fully saturated rings. The predicted octanol–water partition coefficient (Wildman–Crippen LogP) is 2.42. The molecule has 0 unspecified atom stereocenters. The van der Waals surface area contributed by atoms with E-state index in [-0.39, 0.29) is 18.1 Å². The van der Waals surface area contributed by atoms with Crippen LogP contribution in [-0.2, 0) is 4.74 Å². The van der Waals surface area contributed by atoms with Crippen molar-refractivity contribution in [3.05, 3.63) is 46.5 Å². The van der Waals surface area contributed by atoms with Gasteiger partial charge >= 0.3 is 0 Å². The molecule has 22 heavy (non-hydrogen) atoms. The minimum Gasteiger partial charge on any atom is -0.365 e. The van der Waals surface area contributed by atoms with E-state index < -0.39 is 0 Å². The number of ether oxygens (including phenoxy) is 1. The first kappa shape index (κ1) is 15.0. The summed E-state index contributed by atoms with van der Waals surface area (Å²) in [5.41, 5.74) is 1.38. The summed E-state index contributed by atoms with van der Waals surface area (Å²) >= 11 is 6.16. The molecule has 1 amide bonds. The molecule has 1 aromatic heterocycles. The van der Waals surface area contributed by atoms with Gasteiger partial charge in [-0.25, -0.2) is 4.98 Å². The second-order valence-electron chi connectivity index (χ2n) is 5.34. The number of amides is 1. The number of halogens is 1. The number of hydrogen-bond donors (Lipinski definition) is 2. The molecule has 2 heterocycles. The van der Waals surface area contributed by atoms with Crippen LogP contribution in [0.2, 0.25) is 5.02 Å². The van der Waals surface area contributed by atoms with E-state index >= 15 is 0 Å². The van der Waals surface area contributed by atoms with Gasteiger partial charge in [0.05, 0.1) is 16.7 Å². The maximum atomic E-state index is 12.2. The van der Waals surface area contributed by atoms with Gasteiger partial charge in [-0.15, -0.1) is 0 Å². The number of carbonyl (C=O) groups is 1. The number of aromatic nitrogens is 3. The number of nitrogens with zero attached hydrogens (tertiary/aromatic N) is 2. The second-order valence-corrected chi connectivity index (χ2v) is 5.72. The maximum Gasteiger partial charge on any atom is 0.252 e. The van der Waals surface area contributed by atoms with E-state index in [4.69, 9.17) is 16.3 Å². The van der Waals surface area contributed by atoms with E-state index in [1.807, 2.05) is 19.1 Å². The van der Waals surface area contributed by atoms with Crippen LogP contribution in [0.1, 0.15) is 40.7 Å². The monoisotopic (exact) mass is 320 g/mol. The summed E-state index contributed by atoms with van der Waals surface area (Å²) in [6.07, 6.45) is 3.09. The van der Waals surface area contributed by atoms with Gasteiger partial charge in [0.1, 0.15) is 12.4 Å². The highest BCUT2D eigenvalue weighted by Gasteiger charge is 2.28. The van der Waals surface area contributed by atoms with Crippen molar-refractivity contribution in [2.75, 3.05) is 6.54 Å². The third-order valence-corrected chi connectivity index (χ3v) is 4.27. The lowest BCUT2D eigenvalue weighted by Crippen LogP contribution is -2.32. The molecule has 0 spiro atoms. The molecule has 7 heteroatoms. The molecule has 0 saturated carbocycles. The number of carbonyl (C=O) groups excluding carboxylic acids is 1. The molecule has 1 aliphatic rings. The zero-order valence-electron chi connectivity index (χ0n) is 12.2. The number of benzene rings is 1. The molecule has 2 aromatic rings. The number of rotatable bonds is 4. The van der Waals surface area contributed by atoms with Crippen LogP contribution in [0.3, 0.4) is 0 Å². The van der Waals surface area contributed by atoms with E-state index in [2.05, 4.69) is 20.5 Å². The first-order chi connectivity index (χ1) is 10.6. The standard InChI is InChI=1S/C15H17ClN4O2/c1-9-3-2-4-11(13(9)16)15(21)17-7-10-5-6-12(22-10)14-18-8-19-20-14/h2-4,8,10,12H,5-7H2,1H3,(H,17,21)(H,18,19,20)/t10-,12+/m1/s1. The largest absolute Gasteiger partial charge is 0.365 e. The summed E-state index contributed by atoms with van der Waals surface area (Å²) in [5, 5.41) is 10.0. The van der Waals surface area contributed by atoms with Crippen LogP contribution in [0.5, 0.6) is 0 Å². The van der Waals surface area contributed by atoms with Crippen molar-refractivity contribution < 1.29 is 9.53 Å². The summed E-state index contributed by atoms with van der Waals surface area (Å²) in [4.78, 5) is 16.3. The smallest absolute Gasteiger partial charge is 0.252 e. The number of aryl methyl sites for hydroxylation is 1. The lowest BCUT2D eigenvalue weighted by Gasteiger charge is -2.14. The molecule has 2 N–H and O–H groups in total. The molecule has 0 radical (unpaired) electrons. The molecule has 6 nitrogen and oxygen atoms in total. The molecular formula is C15H17ClN4O2. The Balaban J connectivity index is 1.55. The summed E-state index contributed by atoms with van der Waals surface area (Å²) in [7, 11) is 0. The lowest BCUT2D eigenvalue weighted by atomic mass is 10.1. The molecule has 0 bridgehead atoms. The first-order valence-electron chi connectivity index (χ1n) is 7.19. The summed E-state index contributed by atoms with van der Waals surface area (Å²) < 4.78 is 5.86. The Labute approximate surface area is 133 Å². The summed E-state index contributed by atoms with van der Waals surface area (Å²) in [6, 6.07) is 5.42. The van der Waals surface area contributed by atoms with Gasteiger partial charge in [0.15, 0.2) is 5.82 Å². The van der Waals surface area contributed by atoms with Gasteiger partial charge in [-0.3, -0.25) is 9.89 Å². The zero-order chi connectivity index (χ0) is 15.5. The third kappa shape index (κ3) is 3.13. The van der Waals surface area contributed by atoms with E-state index in [1.165, 1.54) is 6.33 Å². The molecule has 1 saturated heterocycles. The van der Waals surface area contributed by atoms with Crippen molar-refractivity contribution in [2.24, 2.45) is 0 Å². The van der Waals surface area contributed by atoms with Crippen molar-refractivity contribution in [1.29, 1.82) is 0 Å². The quantitative estimate of drug-likeness (QED) is 0.906. The Kier molecular flexibility index (Phi) is 4.40. The SMILES string of the molecule is Cc1cccc(C(=O)NC[C@H]2CC[C@@H](c3ncn[nH]3)O2)c1Cl. The third-order valence-electron chi connectivity index (χ3n) is 3.77. The van der Waals surface area contributed by atoms with E-state index in [1.54, 1.807) is 6.07 Å². The van der Waals surface area contributed by atoms with Crippen LogP contribution in [0, 0.1) is 6.92 Å². The minimum atomic E-state index is -0.180. The van der Waals surface area contributed by atoms with Crippen LogP contribution in [0.4, 0.5) is 0 Å². The van der Waals surface area contributed by atoms with Crippen molar-refractivity contribution in [3.8, 4) is 0 Å². The normalized spacial score (nSPS) is 21.0. The molecule has 1 aromatic carbocycles. The molecule has 0 aliphatic carbocycles. The van der Waals surface area contributed by atoms with Gasteiger partial charge in [-0.05, 0) is 31.4 Å². The topological polar surface area (TPSA) is 79.9 Å². The second kappa shape index (κ2) is 6.46. The summed E-state index contributed by atoms with van der Waals surface area (Å²) in [5.74, 6) is 0.552. The Morgan fingerprint density at radius 2 is 2.36 bits per heavy atom. The predicted molar refractivity (Wildman–Crippen MR) is 81.8 cm³/mol. The Morgan fingerprint density at radius 1 is 1.50 bits per heavy atom. The van der Waals surface area contributed by atoms with E-state index in [0.29, 0.717) is 17.1 Å². The fourth-order valence-electron chi connectivity index (χ4n) is 2.55. The van der Waals surface area contributed by atoms with Gasteiger partial charge < -0.3 is 10.1 Å². The van der Waals surface area contributed by atoms with Crippen LogP contribution in [0.15, 0.2) is 24.5 Å².